The van der Waals surface area contributed by atoms with Crippen molar-refractivity contribution in [3.63, 3.8) is 0 Å². The summed E-state index contributed by atoms with van der Waals surface area (Å²) in [4.78, 5) is 51.9. The Morgan fingerprint density at radius 2 is 1.70 bits per heavy atom. The van der Waals surface area contributed by atoms with Gasteiger partial charge in [0.25, 0.3) is 5.91 Å². The predicted octanol–water partition coefficient (Wildman–Crippen LogP) is 5.32. The molecule has 0 radical (unpaired) electrons. The topological polar surface area (TPSA) is 134 Å². The van der Waals surface area contributed by atoms with Gasteiger partial charge >= 0.3 is 5.97 Å². The number of ether oxygens (including phenoxy) is 2. The summed E-state index contributed by atoms with van der Waals surface area (Å²) in [5, 5.41) is 13.9. The molecule has 0 saturated carbocycles. The van der Waals surface area contributed by atoms with Gasteiger partial charge in [-0.3, -0.25) is 24.2 Å². The Balaban J connectivity index is 1.55. The Bertz CT molecular complexity index is 1370. The number of nitrogens with zero attached hydrogens (tertiary/aromatic N) is 1. The van der Waals surface area contributed by atoms with Gasteiger partial charge in [0.2, 0.25) is 9.70 Å². The van der Waals surface area contributed by atoms with Gasteiger partial charge in [-0.1, -0.05) is 79.0 Å². The van der Waals surface area contributed by atoms with Crippen LogP contribution in [-0.4, -0.2) is 68.8 Å². The third kappa shape index (κ3) is 11.1. The van der Waals surface area contributed by atoms with Crippen molar-refractivity contribution in [2.45, 2.75) is 82.0 Å². The fourth-order valence-corrected chi connectivity index (χ4v) is 5.14. The number of aliphatic hydroxyl groups is 1. The van der Waals surface area contributed by atoms with E-state index in [-0.39, 0.29) is 18.1 Å². The fourth-order valence-electron chi connectivity index (χ4n) is 4.97. The van der Waals surface area contributed by atoms with Gasteiger partial charge in [0.15, 0.2) is 11.9 Å². The van der Waals surface area contributed by atoms with Gasteiger partial charge in [-0.05, 0) is 74.4 Å². The van der Waals surface area contributed by atoms with E-state index in [1.807, 2.05) is 50.2 Å². The highest BCUT2D eigenvalue weighted by Gasteiger charge is 2.34. The van der Waals surface area contributed by atoms with E-state index in [0.717, 1.165) is 16.7 Å². The molecule has 3 N–H and O–H groups in total. The number of ketones is 1. The summed E-state index contributed by atoms with van der Waals surface area (Å²) in [6, 6.07) is 13.2. The Kier molecular flexibility index (Phi) is 13.7. The molecule has 10 nitrogen and oxygen atoms in total. The first-order chi connectivity index (χ1) is 21.6. The molecule has 2 aromatic rings. The van der Waals surface area contributed by atoms with Crippen LogP contribution in [0.1, 0.15) is 65.5 Å². The molecule has 5 atom stereocenters. The lowest BCUT2D eigenvalue weighted by atomic mass is 9.88. The fraction of sp³-hybridized carbons (Fsp3) is 0.515. The maximum atomic E-state index is 13.3. The standard InChI is InChI=1S/C33H42Cl3N3O7/c1-19(2)27(30(42)37-20(3)31(43)39-15-7-10-28(38-39)32(44)45-18-33(34,35)36)17-29(41)22(5)46-26-13-11-23(12-14-26)25-9-6-8-24(16-25)21(4)40/h6,8-9,11-14,16,19-22,27-28,38,40H,7,10,15,17-18H2,1-5H3,(H,37,42)/t20-,21+,22+,27-,28-/m0/s1. The maximum Gasteiger partial charge on any atom is 0.325 e. The van der Waals surface area contributed by atoms with Crippen LogP contribution < -0.4 is 15.5 Å². The molecule has 1 aliphatic rings. The average Bonchev–Trinajstić information content (AvgIpc) is 3.01. The van der Waals surface area contributed by atoms with Crippen molar-refractivity contribution < 1.29 is 33.8 Å². The highest BCUT2D eigenvalue weighted by molar-refractivity contribution is 6.67. The van der Waals surface area contributed by atoms with E-state index in [0.29, 0.717) is 25.1 Å². The number of halogens is 3. The van der Waals surface area contributed by atoms with Crippen LogP contribution in [0.25, 0.3) is 11.1 Å². The minimum atomic E-state index is -1.75. The molecule has 0 aromatic heterocycles. The van der Waals surface area contributed by atoms with Crippen LogP contribution in [0, 0.1) is 11.8 Å². The van der Waals surface area contributed by atoms with Crippen LogP contribution in [0.4, 0.5) is 0 Å². The molecule has 1 aliphatic heterocycles. The first-order valence-electron chi connectivity index (χ1n) is 15.2. The van der Waals surface area contributed by atoms with Crippen molar-refractivity contribution >= 4 is 58.4 Å². The lowest BCUT2D eigenvalue weighted by Crippen LogP contribution is -2.60. The van der Waals surface area contributed by atoms with Gasteiger partial charge in [-0.25, -0.2) is 5.43 Å². The Labute approximate surface area is 285 Å². The minimum absolute atomic E-state index is 0.0745. The number of benzene rings is 2. The summed E-state index contributed by atoms with van der Waals surface area (Å²) < 4.78 is 9.18. The van der Waals surface area contributed by atoms with Crippen LogP contribution in [0.15, 0.2) is 48.5 Å². The van der Waals surface area contributed by atoms with Gasteiger partial charge < -0.3 is 19.9 Å². The van der Waals surface area contributed by atoms with Crippen molar-refractivity contribution in [3.8, 4) is 16.9 Å². The normalized spacial score (nSPS) is 17.9. The molecule has 3 rings (SSSR count). The zero-order chi connectivity index (χ0) is 34.2. The number of carbonyl (C=O) groups is 4. The highest BCUT2D eigenvalue weighted by atomic mass is 35.6. The van der Waals surface area contributed by atoms with Crippen LogP contribution >= 0.6 is 34.8 Å². The number of esters is 1. The Morgan fingerprint density at radius 3 is 2.30 bits per heavy atom. The van der Waals surface area contributed by atoms with Gasteiger partial charge in [0.1, 0.15) is 24.4 Å². The Hall–Kier alpha value is -2.89. The van der Waals surface area contributed by atoms with Gasteiger partial charge in [0, 0.05) is 18.9 Å². The van der Waals surface area contributed by atoms with Crippen molar-refractivity contribution in [3.05, 3.63) is 54.1 Å². The van der Waals surface area contributed by atoms with Crippen molar-refractivity contribution in [2.75, 3.05) is 13.2 Å². The maximum absolute atomic E-state index is 13.3. The molecule has 13 heteroatoms. The quantitative estimate of drug-likeness (QED) is 0.189. The molecule has 0 spiro atoms. The van der Waals surface area contributed by atoms with E-state index in [1.54, 1.807) is 32.9 Å². The number of amides is 2. The van der Waals surface area contributed by atoms with Crippen molar-refractivity contribution in [2.24, 2.45) is 11.8 Å². The molecule has 0 unspecified atom stereocenters. The second kappa shape index (κ2) is 16.8. The van der Waals surface area contributed by atoms with Gasteiger partial charge in [0.05, 0.1) is 6.10 Å². The largest absolute Gasteiger partial charge is 0.483 e. The summed E-state index contributed by atoms with van der Waals surface area (Å²) in [5.74, 6) is -2.18. The number of hydrazine groups is 1. The zero-order valence-electron chi connectivity index (χ0n) is 26.6. The van der Waals surface area contributed by atoms with Crippen LogP contribution in [0.5, 0.6) is 5.75 Å². The second-order valence-electron chi connectivity index (χ2n) is 11.9. The van der Waals surface area contributed by atoms with Crippen LogP contribution in [-0.2, 0) is 23.9 Å². The summed E-state index contributed by atoms with van der Waals surface area (Å²) in [6.45, 7) is 8.46. The zero-order valence-corrected chi connectivity index (χ0v) is 28.9. The first kappa shape index (κ1) is 37.6. The van der Waals surface area contributed by atoms with Crippen molar-refractivity contribution in [1.29, 1.82) is 0 Å². The van der Waals surface area contributed by atoms with Crippen LogP contribution in [0.2, 0.25) is 0 Å². The number of nitrogens with one attached hydrogen (secondary N) is 2. The number of hydrogen-bond acceptors (Lipinski definition) is 8. The second-order valence-corrected chi connectivity index (χ2v) is 14.4. The molecule has 46 heavy (non-hydrogen) atoms. The lowest BCUT2D eigenvalue weighted by molar-refractivity contribution is -0.153. The predicted molar refractivity (Wildman–Crippen MR) is 177 cm³/mol. The third-order valence-corrected chi connectivity index (χ3v) is 8.06. The SMILES string of the molecule is CC(C)[C@H](CC(=O)[C@@H](C)Oc1ccc(-c2cccc([C@@H](C)O)c2)cc1)C(=O)N[C@@H](C)C(=O)N1CCC[C@@H](C(=O)OCC(Cl)(Cl)Cl)N1. The Morgan fingerprint density at radius 1 is 1.02 bits per heavy atom. The number of carbonyl (C=O) groups excluding carboxylic acids is 4. The number of Topliss-reactive ketones (excluding diaryl/α,β-unsaturated/α-hetero) is 1. The van der Waals surface area contributed by atoms with Gasteiger partial charge in [-0.2, -0.15) is 0 Å². The third-order valence-electron chi connectivity index (χ3n) is 7.73. The van der Waals surface area contributed by atoms with Crippen molar-refractivity contribution in [1.82, 2.24) is 15.8 Å². The summed E-state index contributed by atoms with van der Waals surface area (Å²) >= 11 is 16.9. The molecular weight excluding hydrogens is 657 g/mol. The molecule has 1 saturated heterocycles. The molecule has 2 aromatic carbocycles. The van der Waals surface area contributed by atoms with E-state index in [1.165, 1.54) is 5.01 Å². The monoisotopic (exact) mass is 697 g/mol. The van der Waals surface area contributed by atoms with E-state index in [4.69, 9.17) is 44.3 Å². The number of aliphatic hydroxyl groups excluding tert-OH is 1. The smallest absolute Gasteiger partial charge is 0.325 e. The molecular formula is C33H42Cl3N3O7. The van der Waals surface area contributed by atoms with E-state index >= 15 is 0 Å². The number of hydrogen-bond donors (Lipinski definition) is 3. The minimum Gasteiger partial charge on any atom is -0.483 e. The highest BCUT2D eigenvalue weighted by Crippen LogP contribution is 2.27. The summed E-state index contributed by atoms with van der Waals surface area (Å²) in [6.07, 6.45) is -0.521. The van der Waals surface area contributed by atoms with Crippen LogP contribution in [0.3, 0.4) is 0 Å². The summed E-state index contributed by atoms with van der Waals surface area (Å²) in [5.41, 5.74) is 5.53. The molecule has 2 amide bonds. The van der Waals surface area contributed by atoms with Gasteiger partial charge in [-0.15, -0.1) is 0 Å². The number of alkyl halides is 3. The first-order valence-corrected chi connectivity index (χ1v) is 16.4. The molecule has 0 bridgehead atoms. The van der Waals surface area contributed by atoms with E-state index < -0.39 is 58.4 Å². The molecule has 252 valence electrons. The van der Waals surface area contributed by atoms with E-state index in [2.05, 4.69) is 10.7 Å². The molecule has 0 aliphatic carbocycles. The summed E-state index contributed by atoms with van der Waals surface area (Å²) in [7, 11) is 0. The van der Waals surface area contributed by atoms with E-state index in [9.17, 15) is 24.3 Å². The number of rotatable bonds is 13. The molecule has 1 heterocycles. The molecule has 1 fully saturated rings. The lowest BCUT2D eigenvalue weighted by Gasteiger charge is -2.34. The average molecular weight is 699 g/mol.